The van der Waals surface area contributed by atoms with Crippen LogP contribution >= 0.6 is 0 Å². The highest BCUT2D eigenvalue weighted by Gasteiger charge is 2.11. The SMILES string of the molecule is O=[N+]([O-])c1ccc(COc2ccc(F)nc2)o1. The van der Waals surface area contributed by atoms with E-state index in [-0.39, 0.29) is 12.5 Å². The Morgan fingerprint density at radius 1 is 1.41 bits per heavy atom. The predicted octanol–water partition coefficient (Wildman–Crippen LogP) is 2.30. The summed E-state index contributed by atoms with van der Waals surface area (Å²) in [5.41, 5.74) is 0. The van der Waals surface area contributed by atoms with Crippen LogP contribution in [-0.4, -0.2) is 9.91 Å². The molecule has 0 saturated heterocycles. The van der Waals surface area contributed by atoms with Crippen LogP contribution in [0.4, 0.5) is 10.3 Å². The van der Waals surface area contributed by atoms with E-state index in [1.165, 1.54) is 24.4 Å². The maximum absolute atomic E-state index is 12.5. The van der Waals surface area contributed by atoms with Gasteiger partial charge in [0.2, 0.25) is 5.95 Å². The predicted molar refractivity (Wildman–Crippen MR) is 53.9 cm³/mol. The van der Waals surface area contributed by atoms with E-state index >= 15 is 0 Å². The summed E-state index contributed by atoms with van der Waals surface area (Å²) >= 11 is 0. The van der Waals surface area contributed by atoms with Crippen molar-refractivity contribution >= 4 is 5.88 Å². The Balaban J connectivity index is 1.97. The van der Waals surface area contributed by atoms with Gasteiger partial charge >= 0.3 is 5.88 Å². The molecule has 2 rings (SSSR count). The first-order chi connectivity index (χ1) is 8.15. The second kappa shape index (κ2) is 4.60. The maximum atomic E-state index is 12.5. The maximum Gasteiger partial charge on any atom is 0.433 e. The van der Waals surface area contributed by atoms with Crippen molar-refractivity contribution in [2.24, 2.45) is 0 Å². The van der Waals surface area contributed by atoms with Crippen LogP contribution in [-0.2, 0) is 6.61 Å². The molecule has 0 fully saturated rings. The Hall–Kier alpha value is -2.44. The van der Waals surface area contributed by atoms with Gasteiger partial charge in [0.25, 0.3) is 0 Å². The monoisotopic (exact) mass is 238 g/mol. The summed E-state index contributed by atoms with van der Waals surface area (Å²) in [4.78, 5) is 13.1. The summed E-state index contributed by atoms with van der Waals surface area (Å²) in [6, 6.07) is 5.23. The molecule has 0 radical (unpaired) electrons. The lowest BCUT2D eigenvalue weighted by molar-refractivity contribution is -0.402. The van der Waals surface area contributed by atoms with Crippen molar-refractivity contribution in [3.05, 3.63) is 52.3 Å². The number of hydrogen-bond donors (Lipinski definition) is 0. The first-order valence-corrected chi connectivity index (χ1v) is 4.62. The van der Waals surface area contributed by atoms with E-state index < -0.39 is 10.9 Å². The van der Waals surface area contributed by atoms with E-state index in [2.05, 4.69) is 4.98 Å². The lowest BCUT2D eigenvalue weighted by Gasteiger charge is -2.02. The summed E-state index contributed by atoms with van der Waals surface area (Å²) in [7, 11) is 0. The number of nitro groups is 1. The van der Waals surface area contributed by atoms with E-state index in [0.29, 0.717) is 11.5 Å². The quantitative estimate of drug-likeness (QED) is 0.464. The van der Waals surface area contributed by atoms with Crippen LogP contribution in [0.1, 0.15) is 5.76 Å². The van der Waals surface area contributed by atoms with Gasteiger partial charge in [0, 0.05) is 0 Å². The van der Waals surface area contributed by atoms with Gasteiger partial charge in [-0.05, 0) is 18.2 Å². The molecule has 0 aliphatic heterocycles. The van der Waals surface area contributed by atoms with Gasteiger partial charge in [-0.3, -0.25) is 10.1 Å². The average Bonchev–Trinajstić information content (AvgIpc) is 2.77. The fraction of sp³-hybridized carbons (Fsp3) is 0.100. The van der Waals surface area contributed by atoms with Gasteiger partial charge in [-0.15, -0.1) is 0 Å². The summed E-state index contributed by atoms with van der Waals surface area (Å²) < 4.78 is 22.5. The minimum absolute atomic E-state index is 0.0150. The normalized spacial score (nSPS) is 10.2. The smallest absolute Gasteiger partial charge is 0.433 e. The number of pyridine rings is 1. The molecular formula is C10H7FN2O4. The Bertz CT molecular complexity index is 523. The highest BCUT2D eigenvalue weighted by Crippen LogP contribution is 2.17. The Kier molecular flexibility index (Phi) is 2.99. The van der Waals surface area contributed by atoms with Gasteiger partial charge in [0.1, 0.15) is 23.0 Å². The molecule has 2 heterocycles. The van der Waals surface area contributed by atoms with E-state index in [9.17, 15) is 14.5 Å². The fourth-order valence-electron chi connectivity index (χ4n) is 1.14. The molecule has 0 unspecified atom stereocenters. The molecule has 0 saturated carbocycles. The van der Waals surface area contributed by atoms with Crippen LogP contribution in [0.5, 0.6) is 5.75 Å². The molecule has 88 valence electrons. The Morgan fingerprint density at radius 2 is 2.24 bits per heavy atom. The molecule has 6 nitrogen and oxygen atoms in total. The van der Waals surface area contributed by atoms with Crippen LogP contribution < -0.4 is 4.74 Å². The van der Waals surface area contributed by atoms with E-state index in [4.69, 9.17) is 9.15 Å². The molecule has 2 aromatic heterocycles. The third-order valence-electron chi connectivity index (χ3n) is 1.91. The van der Waals surface area contributed by atoms with Crippen molar-refractivity contribution < 1.29 is 18.5 Å². The van der Waals surface area contributed by atoms with Gasteiger partial charge in [0.05, 0.1) is 12.3 Å². The molecule has 0 atom stereocenters. The summed E-state index contributed by atoms with van der Waals surface area (Å²) in [6.07, 6.45) is 1.21. The number of rotatable bonds is 4. The first kappa shape index (κ1) is 11.1. The number of furan rings is 1. The van der Waals surface area contributed by atoms with Crippen LogP contribution in [0, 0.1) is 16.1 Å². The topological polar surface area (TPSA) is 78.4 Å². The molecular weight excluding hydrogens is 231 g/mol. The van der Waals surface area contributed by atoms with E-state index in [0.717, 1.165) is 6.07 Å². The number of halogens is 1. The Labute approximate surface area is 94.8 Å². The molecule has 0 bridgehead atoms. The van der Waals surface area contributed by atoms with Crippen molar-refractivity contribution in [1.82, 2.24) is 4.98 Å². The Morgan fingerprint density at radius 3 is 2.82 bits per heavy atom. The van der Waals surface area contributed by atoms with E-state index in [1.807, 2.05) is 0 Å². The molecule has 17 heavy (non-hydrogen) atoms. The van der Waals surface area contributed by atoms with Gasteiger partial charge in [-0.25, -0.2) is 4.98 Å². The van der Waals surface area contributed by atoms with Crippen molar-refractivity contribution in [2.45, 2.75) is 6.61 Å². The minimum Gasteiger partial charge on any atom is -0.484 e. The fourth-order valence-corrected chi connectivity index (χ4v) is 1.14. The number of aromatic nitrogens is 1. The summed E-state index contributed by atoms with van der Waals surface area (Å²) in [6.45, 7) is 0.0150. The highest BCUT2D eigenvalue weighted by atomic mass is 19.1. The second-order valence-electron chi connectivity index (χ2n) is 3.10. The third-order valence-corrected chi connectivity index (χ3v) is 1.91. The van der Waals surface area contributed by atoms with E-state index in [1.54, 1.807) is 0 Å². The van der Waals surface area contributed by atoms with Gasteiger partial charge in [-0.2, -0.15) is 4.39 Å². The molecule has 7 heteroatoms. The lowest BCUT2D eigenvalue weighted by atomic mass is 10.4. The molecule has 2 aromatic rings. The zero-order valence-electron chi connectivity index (χ0n) is 8.50. The largest absolute Gasteiger partial charge is 0.484 e. The zero-order valence-corrected chi connectivity index (χ0v) is 8.50. The van der Waals surface area contributed by atoms with Crippen LogP contribution in [0.25, 0.3) is 0 Å². The van der Waals surface area contributed by atoms with Gasteiger partial charge < -0.3 is 9.15 Å². The van der Waals surface area contributed by atoms with Crippen molar-refractivity contribution in [2.75, 3.05) is 0 Å². The standard InChI is InChI=1S/C10H7FN2O4/c11-9-3-1-7(5-12-9)16-6-8-2-4-10(17-8)13(14)15/h1-5H,6H2. The van der Waals surface area contributed by atoms with Gasteiger partial charge in [0.15, 0.2) is 0 Å². The van der Waals surface area contributed by atoms with Crippen molar-refractivity contribution in [1.29, 1.82) is 0 Å². The van der Waals surface area contributed by atoms with Crippen LogP contribution in [0.3, 0.4) is 0 Å². The molecule has 0 aliphatic carbocycles. The lowest BCUT2D eigenvalue weighted by Crippen LogP contribution is -1.94. The van der Waals surface area contributed by atoms with Crippen LogP contribution in [0.2, 0.25) is 0 Å². The van der Waals surface area contributed by atoms with Crippen molar-refractivity contribution in [3.63, 3.8) is 0 Å². The first-order valence-electron chi connectivity index (χ1n) is 4.62. The highest BCUT2D eigenvalue weighted by molar-refractivity contribution is 5.19. The minimum atomic E-state index is -0.636. The average molecular weight is 238 g/mol. The molecule has 0 amide bonds. The molecule has 0 aromatic carbocycles. The molecule has 0 spiro atoms. The number of ether oxygens (including phenoxy) is 1. The zero-order chi connectivity index (χ0) is 12.3. The summed E-state index contributed by atoms with van der Waals surface area (Å²) in [5.74, 6) is -0.293. The molecule has 0 N–H and O–H groups in total. The third kappa shape index (κ3) is 2.77. The summed E-state index contributed by atoms with van der Waals surface area (Å²) in [5, 5.41) is 10.3. The van der Waals surface area contributed by atoms with Crippen molar-refractivity contribution in [3.8, 4) is 5.75 Å². The number of nitrogens with zero attached hydrogens (tertiary/aromatic N) is 2. The molecule has 0 aliphatic rings. The number of hydrogen-bond acceptors (Lipinski definition) is 5. The second-order valence-corrected chi connectivity index (χ2v) is 3.10. The van der Waals surface area contributed by atoms with Gasteiger partial charge in [-0.1, -0.05) is 0 Å². The van der Waals surface area contributed by atoms with Crippen LogP contribution in [0.15, 0.2) is 34.9 Å².